The Hall–Kier alpha value is -7.36. The Morgan fingerprint density at radius 1 is 0.414 bits per heavy atom. The van der Waals surface area contributed by atoms with Gasteiger partial charge in [0.15, 0.2) is 5.58 Å². The van der Waals surface area contributed by atoms with E-state index >= 15 is 0 Å². The van der Waals surface area contributed by atoms with E-state index in [9.17, 15) is 0 Å². The van der Waals surface area contributed by atoms with Crippen molar-refractivity contribution in [1.82, 2.24) is 0 Å². The highest BCUT2D eigenvalue weighted by molar-refractivity contribution is 6.14. The Morgan fingerprint density at radius 2 is 1.10 bits per heavy atom. The van der Waals surface area contributed by atoms with Gasteiger partial charge < -0.3 is 14.1 Å². The van der Waals surface area contributed by atoms with Gasteiger partial charge in [-0.15, -0.1) is 0 Å². The number of benzene rings is 9. The molecule has 9 aromatic carbocycles. The highest BCUT2D eigenvalue weighted by atomic mass is 16.5. The molecule has 274 valence electrons. The third-order valence-corrected chi connectivity index (χ3v) is 12.5. The van der Waals surface area contributed by atoms with Crippen LogP contribution in [-0.2, 0) is 5.41 Å². The van der Waals surface area contributed by atoms with E-state index in [4.69, 9.17) is 9.15 Å². The van der Waals surface area contributed by atoms with Crippen LogP contribution in [0.25, 0.3) is 77.2 Å². The molecule has 3 heteroatoms. The summed E-state index contributed by atoms with van der Waals surface area (Å²) in [6, 6.07) is 67.5. The number of anilines is 3. The summed E-state index contributed by atoms with van der Waals surface area (Å²) >= 11 is 0. The van der Waals surface area contributed by atoms with Crippen molar-refractivity contribution >= 4 is 49.8 Å². The van der Waals surface area contributed by atoms with E-state index in [0.717, 1.165) is 83.5 Å². The number of rotatable bonds is 5. The van der Waals surface area contributed by atoms with Crippen LogP contribution >= 0.6 is 0 Å². The molecule has 1 aliphatic carbocycles. The van der Waals surface area contributed by atoms with Crippen LogP contribution in [0.5, 0.6) is 11.5 Å². The largest absolute Gasteiger partial charge is 0.456 e. The second kappa shape index (κ2) is 12.3. The Balaban J connectivity index is 1.04. The fourth-order valence-corrected chi connectivity index (χ4v) is 9.66. The molecule has 1 aliphatic heterocycles. The molecule has 0 N–H and O–H groups in total. The van der Waals surface area contributed by atoms with Crippen molar-refractivity contribution in [3.63, 3.8) is 0 Å². The lowest BCUT2D eigenvalue weighted by Gasteiger charge is -2.30. The summed E-state index contributed by atoms with van der Waals surface area (Å²) in [4.78, 5) is 2.39. The fraction of sp³-hybridized carbons (Fsp3) is 0.0545. The Bertz CT molecular complexity index is 3300. The zero-order chi connectivity index (χ0) is 38.5. The van der Waals surface area contributed by atoms with Crippen LogP contribution in [0, 0.1) is 0 Å². The Morgan fingerprint density at radius 3 is 2.02 bits per heavy atom. The van der Waals surface area contributed by atoms with Gasteiger partial charge in [0.25, 0.3) is 0 Å². The minimum atomic E-state index is -0.0937. The first-order chi connectivity index (χ1) is 28.5. The van der Waals surface area contributed by atoms with Crippen LogP contribution in [0.1, 0.15) is 25.0 Å². The van der Waals surface area contributed by atoms with Crippen molar-refractivity contribution in [1.29, 1.82) is 0 Å². The molecule has 1 aromatic heterocycles. The molecule has 0 spiro atoms. The zero-order valence-corrected chi connectivity index (χ0v) is 32.2. The van der Waals surface area contributed by atoms with Gasteiger partial charge in [-0.3, -0.25) is 0 Å². The van der Waals surface area contributed by atoms with Crippen molar-refractivity contribution in [3.05, 3.63) is 199 Å². The van der Waals surface area contributed by atoms with Crippen LogP contribution in [-0.4, -0.2) is 0 Å². The van der Waals surface area contributed by atoms with Crippen LogP contribution in [0.4, 0.5) is 17.1 Å². The summed E-state index contributed by atoms with van der Waals surface area (Å²) < 4.78 is 13.6. The van der Waals surface area contributed by atoms with E-state index in [1.54, 1.807) is 0 Å². The predicted molar refractivity (Wildman–Crippen MR) is 240 cm³/mol. The van der Waals surface area contributed by atoms with Gasteiger partial charge in [-0.05, 0) is 105 Å². The minimum absolute atomic E-state index is 0.0937. The average molecular weight is 744 g/mol. The highest BCUT2D eigenvalue weighted by Gasteiger charge is 2.36. The van der Waals surface area contributed by atoms with Crippen molar-refractivity contribution in [2.45, 2.75) is 19.3 Å². The lowest BCUT2D eigenvalue weighted by Crippen LogP contribution is -2.15. The Kier molecular flexibility index (Phi) is 6.98. The maximum Gasteiger partial charge on any atom is 0.159 e. The topological polar surface area (TPSA) is 25.6 Å². The van der Waals surface area contributed by atoms with E-state index in [1.807, 2.05) is 6.07 Å². The first-order valence-electron chi connectivity index (χ1n) is 20.0. The van der Waals surface area contributed by atoms with Crippen molar-refractivity contribution in [2.75, 3.05) is 4.90 Å². The molecule has 2 heterocycles. The maximum atomic E-state index is 6.87. The second-order valence-electron chi connectivity index (χ2n) is 16.1. The van der Waals surface area contributed by atoms with E-state index in [1.165, 1.54) is 33.4 Å². The maximum absolute atomic E-state index is 6.87. The molecule has 58 heavy (non-hydrogen) atoms. The summed E-state index contributed by atoms with van der Waals surface area (Å²) in [7, 11) is 0. The number of fused-ring (bicyclic) bond motifs is 8. The molecular weight excluding hydrogens is 707 g/mol. The lowest BCUT2D eigenvalue weighted by molar-refractivity contribution is 0.487. The van der Waals surface area contributed by atoms with Gasteiger partial charge in [-0.2, -0.15) is 0 Å². The monoisotopic (exact) mass is 743 g/mol. The van der Waals surface area contributed by atoms with Gasteiger partial charge in [0.2, 0.25) is 0 Å². The molecule has 0 radical (unpaired) electrons. The average Bonchev–Trinajstić information content (AvgIpc) is 3.77. The molecule has 10 aromatic rings. The number of nitrogens with zero attached hydrogens (tertiary/aromatic N) is 1. The molecule has 0 unspecified atom stereocenters. The molecule has 0 saturated carbocycles. The third-order valence-electron chi connectivity index (χ3n) is 12.5. The minimum Gasteiger partial charge on any atom is -0.456 e. The molecule has 0 amide bonds. The molecule has 0 saturated heterocycles. The zero-order valence-electron chi connectivity index (χ0n) is 32.2. The first-order valence-corrected chi connectivity index (χ1v) is 20.0. The number of hydrogen-bond donors (Lipinski definition) is 0. The number of para-hydroxylation sites is 2. The molecule has 2 aliphatic rings. The third kappa shape index (κ3) is 4.80. The van der Waals surface area contributed by atoms with Gasteiger partial charge in [0, 0.05) is 38.2 Å². The van der Waals surface area contributed by atoms with Crippen molar-refractivity contribution in [3.8, 4) is 56.0 Å². The summed E-state index contributed by atoms with van der Waals surface area (Å²) in [6.07, 6.45) is 0. The second-order valence-corrected chi connectivity index (χ2v) is 16.1. The SMILES string of the molecule is CC1(C)c2ccccc2-c2cc(N(c3ccc4c5c(cccc35)-c3ccc(-c5cccc(-c6ccccc6)c5)cc3O4)c3cccc4c3oc3ccccc34)ccc21. The van der Waals surface area contributed by atoms with Crippen LogP contribution in [0.2, 0.25) is 0 Å². The fourth-order valence-electron chi connectivity index (χ4n) is 9.66. The normalized spacial score (nSPS) is 13.3. The van der Waals surface area contributed by atoms with E-state index in [2.05, 4.69) is 201 Å². The summed E-state index contributed by atoms with van der Waals surface area (Å²) in [5, 5.41) is 4.41. The number of furan rings is 1. The standard InChI is InChI=1S/C55H37NO2/c1-55(2)46-22-8-6-17-39(46)45-33-38(26-28-47(45)55)56(49-23-12-20-43-40-18-7-9-24-50(40)58-54(43)49)48-29-30-51-53-42(19-11-21-44(48)53)41-27-25-37(32-52(41)57-51)36-16-10-15-35(31-36)34-13-4-3-5-14-34/h3-33H,1-2H3. The summed E-state index contributed by atoms with van der Waals surface area (Å²) in [5.74, 6) is 1.71. The molecule has 0 bridgehead atoms. The van der Waals surface area contributed by atoms with Gasteiger partial charge >= 0.3 is 0 Å². The van der Waals surface area contributed by atoms with Crippen LogP contribution in [0.3, 0.4) is 0 Å². The van der Waals surface area contributed by atoms with Gasteiger partial charge in [0.1, 0.15) is 17.1 Å². The predicted octanol–water partition coefficient (Wildman–Crippen LogP) is 15.6. The molecule has 0 fully saturated rings. The smallest absolute Gasteiger partial charge is 0.159 e. The summed E-state index contributed by atoms with van der Waals surface area (Å²) in [6.45, 7) is 4.66. The van der Waals surface area contributed by atoms with Crippen LogP contribution < -0.4 is 9.64 Å². The van der Waals surface area contributed by atoms with Gasteiger partial charge in [-0.25, -0.2) is 0 Å². The van der Waals surface area contributed by atoms with Gasteiger partial charge in [-0.1, -0.05) is 147 Å². The molecule has 12 rings (SSSR count). The number of hydrogen-bond acceptors (Lipinski definition) is 3. The lowest BCUT2D eigenvalue weighted by atomic mass is 9.82. The van der Waals surface area contributed by atoms with E-state index in [0.29, 0.717) is 0 Å². The Labute approximate surface area is 337 Å². The highest BCUT2D eigenvalue weighted by Crippen LogP contribution is 2.54. The quantitative estimate of drug-likeness (QED) is 0.176. The number of ether oxygens (including phenoxy) is 1. The first kappa shape index (κ1) is 32.8. The molecular formula is C55H37NO2. The molecule has 0 atom stereocenters. The van der Waals surface area contributed by atoms with E-state index < -0.39 is 0 Å². The van der Waals surface area contributed by atoms with Crippen LogP contribution in [0.15, 0.2) is 192 Å². The summed E-state index contributed by atoms with van der Waals surface area (Å²) in [5.41, 5.74) is 16.9. The van der Waals surface area contributed by atoms with Crippen molar-refractivity contribution in [2.24, 2.45) is 0 Å². The van der Waals surface area contributed by atoms with Crippen molar-refractivity contribution < 1.29 is 9.15 Å². The van der Waals surface area contributed by atoms with Gasteiger partial charge in [0.05, 0.1) is 11.4 Å². The molecule has 3 nitrogen and oxygen atoms in total. The van der Waals surface area contributed by atoms with E-state index in [-0.39, 0.29) is 5.41 Å².